The van der Waals surface area contributed by atoms with E-state index in [2.05, 4.69) is 19.7 Å². The average molecular weight is 392 g/mol. The van der Waals surface area contributed by atoms with Crippen LogP contribution in [0.5, 0.6) is 11.6 Å². The summed E-state index contributed by atoms with van der Waals surface area (Å²) < 4.78 is 38.0. The number of carbonyl (C=O) groups is 1. The molecular weight excluding hydrogens is 380 g/mol. The predicted molar refractivity (Wildman–Crippen MR) is 92.4 cm³/mol. The quantitative estimate of drug-likeness (QED) is 0.612. The number of esters is 1. The highest BCUT2D eigenvalue weighted by Gasteiger charge is 2.14. The summed E-state index contributed by atoms with van der Waals surface area (Å²) in [6, 6.07) is 6.43. The van der Waals surface area contributed by atoms with E-state index in [0.29, 0.717) is 5.69 Å². The van der Waals surface area contributed by atoms with Crippen molar-refractivity contribution in [3.63, 3.8) is 0 Å². The molecule has 0 amide bonds. The van der Waals surface area contributed by atoms with Gasteiger partial charge in [-0.2, -0.15) is 0 Å². The van der Waals surface area contributed by atoms with E-state index in [9.17, 15) is 13.6 Å². The molecule has 0 radical (unpaired) electrons. The van der Waals surface area contributed by atoms with Gasteiger partial charge >= 0.3 is 5.97 Å². The van der Waals surface area contributed by atoms with Gasteiger partial charge in [0.1, 0.15) is 11.6 Å². The monoisotopic (exact) mass is 391 g/mol. The first-order valence-corrected chi connectivity index (χ1v) is 8.01. The number of benzene rings is 1. The maximum absolute atomic E-state index is 14.5. The topological polar surface area (TPSA) is 74.2 Å². The molecule has 0 aliphatic rings. The summed E-state index contributed by atoms with van der Waals surface area (Å²) in [5.74, 6) is -2.13. The second kappa shape index (κ2) is 8.05. The summed E-state index contributed by atoms with van der Waals surface area (Å²) in [6.45, 7) is 0. The van der Waals surface area contributed by atoms with Crippen LogP contribution in [0.15, 0.2) is 42.7 Å². The number of halogens is 3. The molecule has 3 aromatic rings. The van der Waals surface area contributed by atoms with Crippen LogP contribution in [0.4, 0.5) is 8.78 Å². The summed E-state index contributed by atoms with van der Waals surface area (Å²) in [5.41, 5.74) is 0.484. The fourth-order valence-electron chi connectivity index (χ4n) is 2.17. The Balaban J connectivity index is 1.84. The molecule has 0 atom stereocenters. The molecular formula is C18H12ClF2N3O3. The van der Waals surface area contributed by atoms with Gasteiger partial charge in [0.2, 0.25) is 0 Å². The smallest absolute Gasteiger partial charge is 0.311 e. The number of methoxy groups -OCH3 is 1. The highest BCUT2D eigenvalue weighted by molar-refractivity contribution is 6.30. The Kier molecular flexibility index (Phi) is 5.56. The molecule has 0 saturated carbocycles. The van der Waals surface area contributed by atoms with Crippen LogP contribution in [-0.2, 0) is 16.0 Å². The van der Waals surface area contributed by atoms with E-state index in [1.807, 2.05) is 0 Å². The first kappa shape index (κ1) is 18.7. The highest BCUT2D eigenvalue weighted by atomic mass is 35.5. The van der Waals surface area contributed by atoms with E-state index in [1.165, 1.54) is 37.7 Å². The summed E-state index contributed by atoms with van der Waals surface area (Å²) in [4.78, 5) is 23.2. The molecule has 6 nitrogen and oxygen atoms in total. The van der Waals surface area contributed by atoms with E-state index in [1.54, 1.807) is 0 Å². The van der Waals surface area contributed by atoms with Crippen molar-refractivity contribution in [2.24, 2.45) is 0 Å². The van der Waals surface area contributed by atoms with Crippen molar-refractivity contribution in [1.82, 2.24) is 15.0 Å². The number of aromatic nitrogens is 3. The van der Waals surface area contributed by atoms with Gasteiger partial charge in [-0.05, 0) is 24.3 Å². The minimum atomic E-state index is -0.772. The molecule has 0 aliphatic heterocycles. The van der Waals surface area contributed by atoms with Gasteiger partial charge in [0.15, 0.2) is 11.6 Å². The van der Waals surface area contributed by atoms with Crippen molar-refractivity contribution in [2.75, 3.05) is 7.11 Å². The number of hydrogen-bond donors (Lipinski definition) is 0. The summed E-state index contributed by atoms with van der Waals surface area (Å²) >= 11 is 5.63. The molecule has 138 valence electrons. The lowest BCUT2D eigenvalue weighted by Crippen LogP contribution is -2.07. The molecule has 0 saturated heterocycles. The van der Waals surface area contributed by atoms with Crippen LogP contribution in [0.1, 0.15) is 5.69 Å². The van der Waals surface area contributed by atoms with Gasteiger partial charge in [0, 0.05) is 18.5 Å². The van der Waals surface area contributed by atoms with Crippen molar-refractivity contribution >= 4 is 17.6 Å². The lowest BCUT2D eigenvalue weighted by molar-refractivity contribution is -0.139. The van der Waals surface area contributed by atoms with E-state index in [4.69, 9.17) is 16.3 Å². The first-order valence-electron chi connectivity index (χ1n) is 7.64. The summed E-state index contributed by atoms with van der Waals surface area (Å²) in [7, 11) is 1.27. The molecule has 0 N–H and O–H groups in total. The van der Waals surface area contributed by atoms with Gasteiger partial charge < -0.3 is 9.47 Å². The zero-order valence-electron chi connectivity index (χ0n) is 13.9. The van der Waals surface area contributed by atoms with Gasteiger partial charge in [-0.3, -0.25) is 4.79 Å². The molecule has 1 aromatic carbocycles. The van der Waals surface area contributed by atoms with Crippen molar-refractivity contribution in [1.29, 1.82) is 0 Å². The molecule has 0 fully saturated rings. The van der Waals surface area contributed by atoms with Gasteiger partial charge in [-0.1, -0.05) is 11.6 Å². The number of ether oxygens (including phenoxy) is 2. The molecule has 2 aromatic heterocycles. The molecule has 0 unspecified atom stereocenters. The maximum atomic E-state index is 14.5. The maximum Gasteiger partial charge on any atom is 0.311 e. The third-order valence-electron chi connectivity index (χ3n) is 3.44. The van der Waals surface area contributed by atoms with Crippen molar-refractivity contribution in [2.45, 2.75) is 6.42 Å². The Hall–Kier alpha value is -3.13. The fourth-order valence-corrected chi connectivity index (χ4v) is 2.32. The Morgan fingerprint density at radius 2 is 1.96 bits per heavy atom. The van der Waals surface area contributed by atoms with Crippen LogP contribution >= 0.6 is 11.6 Å². The lowest BCUT2D eigenvalue weighted by Gasteiger charge is -2.08. The average Bonchev–Trinajstić information content (AvgIpc) is 2.64. The zero-order chi connectivity index (χ0) is 19.4. The third-order valence-corrected chi connectivity index (χ3v) is 3.64. The predicted octanol–water partition coefficient (Wildman–Crippen LogP) is 3.98. The Bertz CT molecular complexity index is 1000. The van der Waals surface area contributed by atoms with Gasteiger partial charge in [0.25, 0.3) is 5.88 Å². The summed E-state index contributed by atoms with van der Waals surface area (Å²) in [6.07, 6.45) is 2.57. The van der Waals surface area contributed by atoms with Crippen LogP contribution in [-0.4, -0.2) is 28.0 Å². The summed E-state index contributed by atoms with van der Waals surface area (Å²) in [5, 5.41) is 0.116. The minimum Gasteiger partial charge on any atom is -0.469 e. The Morgan fingerprint density at radius 3 is 2.67 bits per heavy atom. The number of hydrogen-bond acceptors (Lipinski definition) is 6. The lowest BCUT2D eigenvalue weighted by atomic mass is 10.2. The number of rotatable bonds is 5. The van der Waals surface area contributed by atoms with Gasteiger partial charge in [-0.15, -0.1) is 0 Å². The number of carbonyl (C=O) groups excluding carboxylic acids is 1. The second-order valence-electron chi connectivity index (χ2n) is 5.31. The molecule has 9 heteroatoms. The van der Waals surface area contributed by atoms with Crippen LogP contribution in [0.3, 0.4) is 0 Å². The highest BCUT2D eigenvalue weighted by Crippen LogP contribution is 2.28. The van der Waals surface area contributed by atoms with E-state index < -0.39 is 17.6 Å². The van der Waals surface area contributed by atoms with Crippen LogP contribution in [0, 0.1) is 11.6 Å². The molecule has 27 heavy (non-hydrogen) atoms. The van der Waals surface area contributed by atoms with Gasteiger partial charge in [-0.25, -0.2) is 23.7 Å². The molecule has 0 bridgehead atoms. The fraction of sp³-hybridized carbons (Fsp3) is 0.111. The number of nitrogens with zero attached hydrogens (tertiary/aromatic N) is 3. The normalized spacial score (nSPS) is 10.5. The van der Waals surface area contributed by atoms with Crippen molar-refractivity contribution in [3.8, 4) is 23.0 Å². The van der Waals surface area contributed by atoms with Gasteiger partial charge in [0.05, 0.1) is 29.8 Å². The third kappa shape index (κ3) is 4.53. The first-order chi connectivity index (χ1) is 13.0. The SMILES string of the molecule is COC(=O)Cc1ccnc(-c2ccc(Oc3ncc(Cl)cc3F)cc2F)n1. The zero-order valence-corrected chi connectivity index (χ0v) is 14.7. The molecule has 2 heterocycles. The van der Waals surface area contributed by atoms with Crippen molar-refractivity contribution < 1.29 is 23.0 Å². The van der Waals surface area contributed by atoms with E-state index in [-0.39, 0.29) is 34.5 Å². The van der Waals surface area contributed by atoms with Crippen molar-refractivity contribution in [3.05, 3.63) is 65.1 Å². The Labute approximate surface area is 157 Å². The minimum absolute atomic E-state index is 0.0377. The Morgan fingerprint density at radius 1 is 1.15 bits per heavy atom. The van der Waals surface area contributed by atoms with Crippen LogP contribution < -0.4 is 4.74 Å². The van der Waals surface area contributed by atoms with E-state index in [0.717, 1.165) is 12.1 Å². The molecule has 3 rings (SSSR count). The second-order valence-corrected chi connectivity index (χ2v) is 5.75. The molecule has 0 aliphatic carbocycles. The van der Waals surface area contributed by atoms with Crippen LogP contribution in [0.2, 0.25) is 5.02 Å². The number of pyridine rings is 1. The largest absolute Gasteiger partial charge is 0.469 e. The molecule has 0 spiro atoms. The van der Waals surface area contributed by atoms with E-state index >= 15 is 0 Å². The van der Waals surface area contributed by atoms with Crippen LogP contribution in [0.25, 0.3) is 11.4 Å². The standard InChI is InChI=1S/C18H12ClF2N3O3/c1-26-16(25)7-11-4-5-22-17(24-11)13-3-2-12(8-14(13)20)27-18-15(21)6-10(19)9-23-18/h2-6,8-9H,7H2,1H3.